The number of hydrogen-bond donors (Lipinski definition) is 0. The Hall–Kier alpha value is -0.870. The predicted octanol–water partition coefficient (Wildman–Crippen LogP) is 3.60. The fourth-order valence-electron chi connectivity index (χ4n) is 1.96. The standard InChI is InChI=1S/C14H17BrO3/c1-10(16)11-5-6-14(13(15)8-11)18-9-12-4-2-3-7-17-12/h5-6,8,12H,2-4,7,9H2,1H3. The summed E-state index contributed by atoms with van der Waals surface area (Å²) in [5.41, 5.74) is 0.683. The second kappa shape index (κ2) is 6.34. The molecule has 1 aliphatic heterocycles. The molecule has 1 aromatic carbocycles. The van der Waals surface area contributed by atoms with Gasteiger partial charge in [-0.3, -0.25) is 4.79 Å². The third-order valence-electron chi connectivity index (χ3n) is 3.04. The summed E-state index contributed by atoms with van der Waals surface area (Å²) in [5, 5.41) is 0. The first-order valence-corrected chi connectivity index (χ1v) is 7.01. The molecule has 1 fully saturated rings. The van der Waals surface area contributed by atoms with Gasteiger partial charge in [0.15, 0.2) is 5.78 Å². The average molecular weight is 313 g/mol. The molecule has 0 aliphatic carbocycles. The lowest BCUT2D eigenvalue weighted by atomic mass is 10.1. The molecular weight excluding hydrogens is 296 g/mol. The van der Waals surface area contributed by atoms with E-state index < -0.39 is 0 Å². The van der Waals surface area contributed by atoms with Gasteiger partial charge < -0.3 is 9.47 Å². The third kappa shape index (κ3) is 3.56. The van der Waals surface area contributed by atoms with Gasteiger partial charge in [-0.1, -0.05) is 0 Å². The van der Waals surface area contributed by atoms with Gasteiger partial charge in [0.25, 0.3) is 0 Å². The molecule has 98 valence electrons. The lowest BCUT2D eigenvalue weighted by Crippen LogP contribution is -2.25. The molecule has 0 saturated carbocycles. The fraction of sp³-hybridized carbons (Fsp3) is 0.500. The van der Waals surface area contributed by atoms with Gasteiger partial charge in [0.1, 0.15) is 12.4 Å². The van der Waals surface area contributed by atoms with Crippen LogP contribution in [0, 0.1) is 0 Å². The molecule has 4 heteroatoms. The molecule has 1 saturated heterocycles. The molecule has 18 heavy (non-hydrogen) atoms. The molecule has 2 rings (SSSR count). The number of benzene rings is 1. The number of rotatable bonds is 4. The van der Waals surface area contributed by atoms with Crippen LogP contribution in [0.2, 0.25) is 0 Å². The number of carbonyl (C=O) groups excluding carboxylic acids is 1. The van der Waals surface area contributed by atoms with E-state index in [4.69, 9.17) is 9.47 Å². The van der Waals surface area contributed by atoms with Gasteiger partial charge in [0.05, 0.1) is 10.6 Å². The number of ketones is 1. The van der Waals surface area contributed by atoms with Crippen LogP contribution in [0.4, 0.5) is 0 Å². The highest BCUT2D eigenvalue weighted by molar-refractivity contribution is 9.10. The highest BCUT2D eigenvalue weighted by Gasteiger charge is 2.15. The van der Waals surface area contributed by atoms with Crippen molar-refractivity contribution in [3.63, 3.8) is 0 Å². The van der Waals surface area contributed by atoms with Crippen LogP contribution in [0.5, 0.6) is 5.75 Å². The van der Waals surface area contributed by atoms with Crippen molar-refractivity contribution in [1.29, 1.82) is 0 Å². The monoisotopic (exact) mass is 312 g/mol. The van der Waals surface area contributed by atoms with Crippen LogP contribution in [-0.4, -0.2) is 25.1 Å². The minimum Gasteiger partial charge on any atom is -0.490 e. The van der Waals surface area contributed by atoms with Gasteiger partial charge in [0.2, 0.25) is 0 Å². The summed E-state index contributed by atoms with van der Waals surface area (Å²) in [4.78, 5) is 11.2. The SMILES string of the molecule is CC(=O)c1ccc(OCC2CCCCO2)c(Br)c1. The number of carbonyl (C=O) groups is 1. The van der Waals surface area contributed by atoms with Crippen LogP contribution in [0.3, 0.4) is 0 Å². The van der Waals surface area contributed by atoms with E-state index >= 15 is 0 Å². The van der Waals surface area contributed by atoms with Crippen LogP contribution in [-0.2, 0) is 4.74 Å². The zero-order chi connectivity index (χ0) is 13.0. The van der Waals surface area contributed by atoms with Gasteiger partial charge in [-0.05, 0) is 60.3 Å². The summed E-state index contributed by atoms with van der Waals surface area (Å²) in [7, 11) is 0. The van der Waals surface area contributed by atoms with Crippen molar-refractivity contribution < 1.29 is 14.3 Å². The number of halogens is 1. The smallest absolute Gasteiger partial charge is 0.159 e. The van der Waals surface area contributed by atoms with Crippen LogP contribution in [0.15, 0.2) is 22.7 Å². The summed E-state index contributed by atoms with van der Waals surface area (Å²) in [6.45, 7) is 2.95. The highest BCUT2D eigenvalue weighted by atomic mass is 79.9. The Morgan fingerprint density at radius 2 is 2.33 bits per heavy atom. The Morgan fingerprint density at radius 1 is 1.50 bits per heavy atom. The number of ether oxygens (including phenoxy) is 2. The van der Waals surface area contributed by atoms with Gasteiger partial charge in [-0.25, -0.2) is 0 Å². The molecule has 0 bridgehead atoms. The number of Topliss-reactive ketones (excluding diaryl/α,β-unsaturated/α-hetero) is 1. The second-order valence-electron chi connectivity index (χ2n) is 4.50. The fourth-order valence-corrected chi connectivity index (χ4v) is 2.45. The molecule has 0 spiro atoms. The normalized spacial score (nSPS) is 19.6. The van der Waals surface area contributed by atoms with E-state index in [1.807, 2.05) is 6.07 Å². The van der Waals surface area contributed by atoms with Crippen molar-refractivity contribution in [2.45, 2.75) is 32.3 Å². The van der Waals surface area contributed by atoms with E-state index in [1.54, 1.807) is 19.1 Å². The van der Waals surface area contributed by atoms with Crippen molar-refractivity contribution in [3.8, 4) is 5.75 Å². The van der Waals surface area contributed by atoms with Gasteiger partial charge in [-0.2, -0.15) is 0 Å². The Labute approximate surface area is 116 Å². The molecule has 0 radical (unpaired) electrons. The molecule has 1 aliphatic rings. The first-order chi connectivity index (χ1) is 8.66. The van der Waals surface area contributed by atoms with E-state index in [0.29, 0.717) is 12.2 Å². The van der Waals surface area contributed by atoms with E-state index in [-0.39, 0.29) is 11.9 Å². The Morgan fingerprint density at radius 3 is 2.94 bits per heavy atom. The van der Waals surface area contributed by atoms with E-state index in [1.165, 1.54) is 6.42 Å². The molecule has 0 amide bonds. The van der Waals surface area contributed by atoms with Gasteiger partial charge in [-0.15, -0.1) is 0 Å². The minimum atomic E-state index is 0.0536. The largest absolute Gasteiger partial charge is 0.490 e. The van der Waals surface area contributed by atoms with Crippen molar-refractivity contribution in [3.05, 3.63) is 28.2 Å². The molecule has 3 nitrogen and oxygen atoms in total. The Balaban J connectivity index is 1.94. The van der Waals surface area contributed by atoms with Crippen LogP contribution < -0.4 is 4.74 Å². The van der Waals surface area contributed by atoms with Gasteiger partial charge >= 0.3 is 0 Å². The summed E-state index contributed by atoms with van der Waals surface area (Å²) in [6, 6.07) is 5.40. The Bertz CT molecular complexity index is 425. The molecule has 1 heterocycles. The maximum atomic E-state index is 11.2. The maximum absolute atomic E-state index is 11.2. The zero-order valence-corrected chi connectivity index (χ0v) is 12.0. The summed E-state index contributed by atoms with van der Waals surface area (Å²) in [5.74, 6) is 0.812. The summed E-state index contributed by atoms with van der Waals surface area (Å²) >= 11 is 3.42. The van der Waals surface area contributed by atoms with Crippen molar-refractivity contribution in [2.24, 2.45) is 0 Å². The molecule has 1 aromatic rings. The lowest BCUT2D eigenvalue weighted by molar-refractivity contribution is -0.0112. The topological polar surface area (TPSA) is 35.5 Å². The average Bonchev–Trinajstić information content (AvgIpc) is 2.38. The minimum absolute atomic E-state index is 0.0536. The zero-order valence-electron chi connectivity index (χ0n) is 10.4. The summed E-state index contributed by atoms with van der Waals surface area (Å²) in [6.07, 6.45) is 3.60. The quantitative estimate of drug-likeness (QED) is 0.797. The number of hydrogen-bond acceptors (Lipinski definition) is 3. The molecule has 0 aromatic heterocycles. The first kappa shape index (κ1) is 13.6. The molecule has 0 N–H and O–H groups in total. The molecule has 1 unspecified atom stereocenters. The van der Waals surface area contributed by atoms with Gasteiger partial charge in [0, 0.05) is 12.2 Å². The molecule has 1 atom stereocenters. The van der Waals surface area contributed by atoms with Crippen LogP contribution in [0.1, 0.15) is 36.5 Å². The first-order valence-electron chi connectivity index (χ1n) is 6.21. The van der Waals surface area contributed by atoms with Crippen LogP contribution in [0.25, 0.3) is 0 Å². The van der Waals surface area contributed by atoms with E-state index in [9.17, 15) is 4.79 Å². The second-order valence-corrected chi connectivity index (χ2v) is 5.36. The maximum Gasteiger partial charge on any atom is 0.159 e. The van der Waals surface area contributed by atoms with E-state index in [2.05, 4.69) is 15.9 Å². The summed E-state index contributed by atoms with van der Waals surface area (Å²) < 4.78 is 12.1. The van der Waals surface area contributed by atoms with Crippen molar-refractivity contribution in [1.82, 2.24) is 0 Å². The highest BCUT2D eigenvalue weighted by Crippen LogP contribution is 2.27. The molecular formula is C14H17BrO3. The van der Waals surface area contributed by atoms with Crippen LogP contribution >= 0.6 is 15.9 Å². The lowest BCUT2D eigenvalue weighted by Gasteiger charge is -2.22. The van der Waals surface area contributed by atoms with Crippen molar-refractivity contribution in [2.75, 3.05) is 13.2 Å². The third-order valence-corrected chi connectivity index (χ3v) is 3.66. The Kier molecular flexibility index (Phi) is 4.78. The predicted molar refractivity (Wildman–Crippen MR) is 73.2 cm³/mol. The van der Waals surface area contributed by atoms with E-state index in [0.717, 1.165) is 29.7 Å². The van der Waals surface area contributed by atoms with Crippen molar-refractivity contribution >= 4 is 21.7 Å².